The summed E-state index contributed by atoms with van der Waals surface area (Å²) in [5.74, 6) is -0.935. The van der Waals surface area contributed by atoms with Crippen molar-refractivity contribution in [2.45, 2.75) is 51.0 Å². The van der Waals surface area contributed by atoms with E-state index in [1.807, 2.05) is 0 Å². The number of rotatable bonds is 5. The number of aliphatic carboxylic acids is 1. The molecule has 1 aliphatic heterocycles. The first-order chi connectivity index (χ1) is 9.93. The van der Waals surface area contributed by atoms with Gasteiger partial charge in [0.2, 0.25) is 0 Å². The van der Waals surface area contributed by atoms with Crippen LogP contribution in [-0.2, 0) is 9.53 Å². The van der Waals surface area contributed by atoms with E-state index in [0.29, 0.717) is 6.61 Å². The van der Waals surface area contributed by atoms with Gasteiger partial charge in [-0.25, -0.2) is 4.39 Å². The average molecular weight is 294 g/mol. The Bertz CT molecular complexity index is 485. The number of carboxylic acid groups (broad SMARTS) is 1. The van der Waals surface area contributed by atoms with E-state index < -0.39 is 5.97 Å². The molecule has 0 bridgehead atoms. The summed E-state index contributed by atoms with van der Waals surface area (Å²) in [5.41, 5.74) is 0.726. The molecular formula is C17H23FO3. The molecule has 0 aliphatic carbocycles. The Hall–Kier alpha value is -1.42. The van der Waals surface area contributed by atoms with Gasteiger partial charge in [0.25, 0.3) is 0 Å². The number of carbonyl (C=O) groups is 1. The Morgan fingerprint density at radius 3 is 2.71 bits per heavy atom. The fourth-order valence-corrected chi connectivity index (χ4v) is 3.22. The van der Waals surface area contributed by atoms with Crippen molar-refractivity contribution in [3.05, 3.63) is 35.6 Å². The molecule has 2 rings (SSSR count). The zero-order valence-corrected chi connectivity index (χ0v) is 12.6. The minimum absolute atomic E-state index is 0.0795. The van der Waals surface area contributed by atoms with Crippen molar-refractivity contribution in [3.63, 3.8) is 0 Å². The maximum Gasteiger partial charge on any atom is 0.303 e. The van der Waals surface area contributed by atoms with Gasteiger partial charge in [-0.15, -0.1) is 0 Å². The molecule has 0 unspecified atom stereocenters. The van der Waals surface area contributed by atoms with E-state index in [1.165, 1.54) is 12.1 Å². The van der Waals surface area contributed by atoms with E-state index in [-0.39, 0.29) is 29.7 Å². The van der Waals surface area contributed by atoms with Gasteiger partial charge in [0.1, 0.15) is 5.82 Å². The first kappa shape index (κ1) is 16.0. The Labute approximate surface area is 125 Å². The second-order valence-electron chi connectivity index (χ2n) is 6.16. The van der Waals surface area contributed by atoms with Crippen LogP contribution in [0.3, 0.4) is 0 Å². The number of carboxylic acids is 1. The normalized spacial score (nSPS) is 27.3. The van der Waals surface area contributed by atoms with Gasteiger partial charge in [-0.05, 0) is 55.7 Å². The van der Waals surface area contributed by atoms with Crippen LogP contribution in [0.25, 0.3) is 0 Å². The highest BCUT2D eigenvalue weighted by Crippen LogP contribution is 2.41. The van der Waals surface area contributed by atoms with E-state index >= 15 is 0 Å². The summed E-state index contributed by atoms with van der Waals surface area (Å²) in [4.78, 5) is 11.2. The standard InChI is InChI=1S/C17H23FO3/c1-3-17(2)11-13(8-9-21-17)15(10-16(19)20)12-4-6-14(18)7-5-12/h4-7,13,15H,3,8-11H2,1-2H3,(H,19,20)/t13-,15-,17-/m0/s1. The molecule has 21 heavy (non-hydrogen) atoms. The molecule has 1 N–H and O–H groups in total. The van der Waals surface area contributed by atoms with E-state index in [1.54, 1.807) is 12.1 Å². The summed E-state index contributed by atoms with van der Waals surface area (Å²) in [5, 5.41) is 9.21. The molecule has 1 aliphatic rings. The highest BCUT2D eigenvalue weighted by molar-refractivity contribution is 5.68. The minimum Gasteiger partial charge on any atom is -0.481 e. The molecule has 0 amide bonds. The van der Waals surface area contributed by atoms with Crippen molar-refractivity contribution < 1.29 is 19.0 Å². The van der Waals surface area contributed by atoms with E-state index in [0.717, 1.165) is 24.8 Å². The summed E-state index contributed by atoms with van der Waals surface area (Å²) < 4.78 is 18.9. The number of halogens is 1. The lowest BCUT2D eigenvalue weighted by molar-refractivity contribution is -0.139. The first-order valence-electron chi connectivity index (χ1n) is 7.55. The number of hydrogen-bond donors (Lipinski definition) is 1. The molecular weight excluding hydrogens is 271 g/mol. The Kier molecular flexibility index (Phi) is 4.99. The topological polar surface area (TPSA) is 46.5 Å². The quantitative estimate of drug-likeness (QED) is 0.893. The van der Waals surface area contributed by atoms with E-state index in [2.05, 4.69) is 13.8 Å². The smallest absolute Gasteiger partial charge is 0.303 e. The maximum atomic E-state index is 13.1. The Balaban J connectivity index is 2.23. The lowest BCUT2D eigenvalue weighted by Crippen LogP contribution is -2.38. The molecule has 1 aromatic carbocycles. The molecule has 1 saturated heterocycles. The SMILES string of the molecule is CC[C@@]1(C)C[C@@H]([C@@H](CC(=O)O)c2ccc(F)cc2)CCO1. The third-order valence-corrected chi connectivity index (χ3v) is 4.64. The van der Waals surface area contributed by atoms with Gasteiger partial charge in [0.05, 0.1) is 12.0 Å². The van der Waals surface area contributed by atoms with Crippen LogP contribution in [0.1, 0.15) is 51.0 Å². The van der Waals surface area contributed by atoms with Gasteiger partial charge >= 0.3 is 5.97 Å². The van der Waals surface area contributed by atoms with E-state index in [4.69, 9.17) is 4.74 Å². The molecule has 0 spiro atoms. The fraction of sp³-hybridized carbons (Fsp3) is 0.588. The van der Waals surface area contributed by atoms with Gasteiger partial charge in [-0.3, -0.25) is 4.79 Å². The Morgan fingerprint density at radius 2 is 2.14 bits per heavy atom. The maximum absolute atomic E-state index is 13.1. The summed E-state index contributed by atoms with van der Waals surface area (Å²) in [6, 6.07) is 6.23. The van der Waals surface area contributed by atoms with Gasteiger partial charge in [-0.1, -0.05) is 19.1 Å². The predicted molar refractivity (Wildman–Crippen MR) is 78.8 cm³/mol. The summed E-state index contributed by atoms with van der Waals surface area (Å²) in [6.07, 6.45) is 2.69. The van der Waals surface area contributed by atoms with Crippen molar-refractivity contribution in [1.82, 2.24) is 0 Å². The van der Waals surface area contributed by atoms with Crippen molar-refractivity contribution in [3.8, 4) is 0 Å². The van der Waals surface area contributed by atoms with Crippen LogP contribution >= 0.6 is 0 Å². The van der Waals surface area contributed by atoms with Crippen molar-refractivity contribution >= 4 is 5.97 Å². The van der Waals surface area contributed by atoms with Crippen LogP contribution in [0.5, 0.6) is 0 Å². The zero-order chi connectivity index (χ0) is 15.5. The third kappa shape index (κ3) is 4.03. The zero-order valence-electron chi connectivity index (χ0n) is 12.6. The number of ether oxygens (including phenoxy) is 1. The summed E-state index contributed by atoms with van der Waals surface area (Å²) in [6.45, 7) is 4.83. The summed E-state index contributed by atoms with van der Waals surface area (Å²) in [7, 11) is 0. The predicted octanol–water partition coefficient (Wildman–Crippen LogP) is 3.98. The van der Waals surface area contributed by atoms with Gasteiger partial charge < -0.3 is 9.84 Å². The largest absolute Gasteiger partial charge is 0.481 e. The molecule has 1 aromatic rings. The van der Waals surface area contributed by atoms with Gasteiger partial charge in [0.15, 0.2) is 0 Å². The van der Waals surface area contributed by atoms with Crippen LogP contribution in [0, 0.1) is 11.7 Å². The van der Waals surface area contributed by atoms with E-state index in [9.17, 15) is 14.3 Å². The second kappa shape index (κ2) is 6.56. The van der Waals surface area contributed by atoms with Crippen LogP contribution in [0.4, 0.5) is 4.39 Å². The van der Waals surface area contributed by atoms with Crippen LogP contribution in [0.15, 0.2) is 24.3 Å². The van der Waals surface area contributed by atoms with Gasteiger partial charge in [-0.2, -0.15) is 0 Å². The van der Waals surface area contributed by atoms with Crippen molar-refractivity contribution in [2.75, 3.05) is 6.61 Å². The highest BCUT2D eigenvalue weighted by atomic mass is 19.1. The highest BCUT2D eigenvalue weighted by Gasteiger charge is 2.36. The number of hydrogen-bond acceptors (Lipinski definition) is 2. The molecule has 0 radical (unpaired) electrons. The number of benzene rings is 1. The van der Waals surface area contributed by atoms with Gasteiger partial charge in [0, 0.05) is 6.61 Å². The van der Waals surface area contributed by atoms with Crippen LogP contribution in [0.2, 0.25) is 0 Å². The third-order valence-electron chi connectivity index (χ3n) is 4.64. The molecule has 0 saturated carbocycles. The second-order valence-corrected chi connectivity index (χ2v) is 6.16. The first-order valence-corrected chi connectivity index (χ1v) is 7.55. The minimum atomic E-state index is -0.811. The molecule has 3 nitrogen and oxygen atoms in total. The summed E-state index contributed by atoms with van der Waals surface area (Å²) >= 11 is 0. The van der Waals surface area contributed by atoms with Crippen LogP contribution in [-0.4, -0.2) is 23.3 Å². The molecule has 4 heteroatoms. The Morgan fingerprint density at radius 1 is 1.48 bits per heavy atom. The monoisotopic (exact) mass is 294 g/mol. The van der Waals surface area contributed by atoms with Crippen molar-refractivity contribution in [2.24, 2.45) is 5.92 Å². The van der Waals surface area contributed by atoms with Crippen LogP contribution < -0.4 is 0 Å². The molecule has 116 valence electrons. The lowest BCUT2D eigenvalue weighted by Gasteiger charge is -2.40. The molecule has 3 atom stereocenters. The fourth-order valence-electron chi connectivity index (χ4n) is 3.22. The molecule has 1 fully saturated rings. The molecule has 1 heterocycles. The molecule has 0 aromatic heterocycles. The average Bonchev–Trinajstić information content (AvgIpc) is 2.46. The lowest BCUT2D eigenvalue weighted by atomic mass is 9.74. The van der Waals surface area contributed by atoms with Crippen molar-refractivity contribution in [1.29, 1.82) is 0 Å².